The van der Waals surface area contributed by atoms with Crippen LogP contribution in [0.1, 0.15) is 19.4 Å². The van der Waals surface area contributed by atoms with E-state index in [0.29, 0.717) is 13.1 Å². The van der Waals surface area contributed by atoms with Gasteiger partial charge in [0.1, 0.15) is 0 Å². The molecule has 1 fully saturated rings. The van der Waals surface area contributed by atoms with Gasteiger partial charge in [-0.25, -0.2) is 0 Å². The highest BCUT2D eigenvalue weighted by Gasteiger charge is 2.25. The first-order valence-corrected chi connectivity index (χ1v) is 9.01. The van der Waals surface area contributed by atoms with Crippen molar-refractivity contribution in [2.24, 2.45) is 12.0 Å². The fraction of sp³-hybridized carbons (Fsp3) is 0.765. The minimum atomic E-state index is -0.858. The van der Waals surface area contributed by atoms with Gasteiger partial charge in [0, 0.05) is 46.0 Å². The Balaban J connectivity index is 1.80. The van der Waals surface area contributed by atoms with Crippen molar-refractivity contribution < 1.29 is 9.84 Å². The van der Waals surface area contributed by atoms with Gasteiger partial charge in [-0.3, -0.25) is 14.6 Å². The number of aliphatic hydroxyl groups is 1. The van der Waals surface area contributed by atoms with E-state index in [4.69, 9.17) is 4.74 Å². The van der Waals surface area contributed by atoms with Crippen LogP contribution in [0, 0.1) is 0 Å². The lowest BCUT2D eigenvalue weighted by molar-refractivity contribution is -0.0179. The highest BCUT2D eigenvalue weighted by molar-refractivity contribution is 5.79. The van der Waals surface area contributed by atoms with Crippen molar-refractivity contribution in [3.05, 3.63) is 18.0 Å². The van der Waals surface area contributed by atoms with Gasteiger partial charge in [0.25, 0.3) is 0 Å². The van der Waals surface area contributed by atoms with Gasteiger partial charge >= 0.3 is 0 Å². The van der Waals surface area contributed by atoms with Crippen molar-refractivity contribution in [3.8, 4) is 0 Å². The number of hydrogen-bond acceptors (Lipinski definition) is 5. The molecule has 8 heteroatoms. The number of hydrogen-bond donors (Lipinski definition) is 3. The molecule has 1 aliphatic heterocycles. The van der Waals surface area contributed by atoms with Crippen LogP contribution in [0.5, 0.6) is 0 Å². The lowest BCUT2D eigenvalue weighted by atomic mass is 10.1. The Morgan fingerprint density at radius 3 is 2.80 bits per heavy atom. The van der Waals surface area contributed by atoms with Crippen LogP contribution in [0.2, 0.25) is 0 Å². The Bertz CT molecular complexity index is 537. The van der Waals surface area contributed by atoms with Gasteiger partial charge in [0.05, 0.1) is 31.6 Å². The molecule has 142 valence electrons. The van der Waals surface area contributed by atoms with Gasteiger partial charge in [-0.1, -0.05) is 0 Å². The van der Waals surface area contributed by atoms with Gasteiger partial charge < -0.3 is 20.5 Å². The van der Waals surface area contributed by atoms with Crippen LogP contribution in [0.4, 0.5) is 0 Å². The summed E-state index contributed by atoms with van der Waals surface area (Å²) in [6, 6.07) is 0. The molecular formula is C17H32N6O2. The lowest BCUT2D eigenvalue weighted by Gasteiger charge is -2.33. The van der Waals surface area contributed by atoms with Gasteiger partial charge in [0.2, 0.25) is 0 Å². The van der Waals surface area contributed by atoms with Crippen LogP contribution < -0.4 is 10.6 Å². The number of rotatable bonds is 8. The van der Waals surface area contributed by atoms with E-state index in [1.165, 1.54) is 5.56 Å². The molecule has 1 aliphatic rings. The summed E-state index contributed by atoms with van der Waals surface area (Å²) in [5, 5.41) is 21.3. The topological polar surface area (TPSA) is 86.9 Å². The molecule has 0 aromatic carbocycles. The fourth-order valence-electron chi connectivity index (χ4n) is 2.81. The molecule has 0 spiro atoms. The monoisotopic (exact) mass is 352 g/mol. The molecule has 3 N–H and O–H groups in total. The van der Waals surface area contributed by atoms with Crippen molar-refractivity contribution in [1.82, 2.24) is 25.3 Å². The third kappa shape index (κ3) is 7.41. The minimum Gasteiger partial charge on any atom is -0.387 e. The predicted octanol–water partition coefficient (Wildman–Crippen LogP) is -0.399. The number of β-amino-alcohol motifs (C(OH)–C–C–N with tert-alkyl or cyclic N) is 1. The zero-order valence-electron chi connectivity index (χ0n) is 15.7. The summed E-state index contributed by atoms with van der Waals surface area (Å²) in [5.74, 6) is 0.730. The van der Waals surface area contributed by atoms with Crippen LogP contribution in [-0.2, 0) is 18.2 Å². The molecule has 0 radical (unpaired) electrons. The molecule has 2 heterocycles. The molecule has 25 heavy (non-hydrogen) atoms. The Morgan fingerprint density at radius 2 is 2.16 bits per heavy atom. The molecule has 0 aliphatic carbocycles. The van der Waals surface area contributed by atoms with E-state index in [1.54, 1.807) is 4.68 Å². The van der Waals surface area contributed by atoms with E-state index in [1.807, 2.05) is 33.3 Å². The van der Waals surface area contributed by atoms with Gasteiger partial charge in [-0.15, -0.1) is 0 Å². The molecule has 0 amide bonds. The third-order valence-corrected chi connectivity index (χ3v) is 4.05. The van der Waals surface area contributed by atoms with Crippen molar-refractivity contribution in [2.45, 2.75) is 25.9 Å². The highest BCUT2D eigenvalue weighted by atomic mass is 16.5. The normalized spacial score (nSPS) is 18.8. The summed E-state index contributed by atoms with van der Waals surface area (Å²) in [5.41, 5.74) is 0.327. The second-order valence-electron chi connectivity index (χ2n) is 6.78. The van der Waals surface area contributed by atoms with E-state index in [2.05, 4.69) is 25.6 Å². The lowest BCUT2D eigenvalue weighted by Crippen LogP contribution is -2.48. The molecule has 1 atom stereocenters. The van der Waals surface area contributed by atoms with Crippen LogP contribution in [0.3, 0.4) is 0 Å². The summed E-state index contributed by atoms with van der Waals surface area (Å²) < 4.78 is 7.15. The molecule has 1 unspecified atom stereocenters. The Labute approximate surface area is 150 Å². The number of nitrogens with one attached hydrogen (secondary N) is 2. The molecule has 1 aromatic rings. The van der Waals surface area contributed by atoms with Crippen molar-refractivity contribution in [3.63, 3.8) is 0 Å². The number of morpholine rings is 1. The van der Waals surface area contributed by atoms with Crippen LogP contribution in [0.15, 0.2) is 17.4 Å². The van der Waals surface area contributed by atoms with Crippen molar-refractivity contribution in [1.29, 1.82) is 0 Å². The van der Waals surface area contributed by atoms with Crippen LogP contribution in [0.25, 0.3) is 0 Å². The van der Waals surface area contributed by atoms with Crippen molar-refractivity contribution >= 4 is 5.96 Å². The van der Waals surface area contributed by atoms with Gasteiger partial charge in [-0.05, 0) is 25.8 Å². The highest BCUT2D eigenvalue weighted by Crippen LogP contribution is 2.09. The predicted molar refractivity (Wildman–Crippen MR) is 98.8 cm³/mol. The largest absolute Gasteiger partial charge is 0.387 e. The Kier molecular flexibility index (Phi) is 7.67. The molecular weight excluding hydrogens is 320 g/mol. The molecule has 8 nitrogen and oxygen atoms in total. The number of guanidine groups is 1. The molecule has 1 aromatic heterocycles. The molecule has 0 saturated carbocycles. The standard InChI is InChI=1S/C17H32N6O2/c1-4-18-16(19-6-5-15-11-21-22(3)12-15)20-13-17(2,24)14-23-7-9-25-10-8-23/h11-12,24H,4-10,13-14H2,1-3H3,(H2,18,19,20). The molecule has 0 bridgehead atoms. The fourth-order valence-corrected chi connectivity index (χ4v) is 2.81. The Hall–Kier alpha value is -1.64. The van der Waals surface area contributed by atoms with E-state index in [0.717, 1.165) is 51.8 Å². The zero-order chi connectivity index (χ0) is 18.1. The second-order valence-corrected chi connectivity index (χ2v) is 6.78. The van der Waals surface area contributed by atoms with E-state index in [-0.39, 0.29) is 0 Å². The SMILES string of the molecule is CCNC(=NCC(C)(O)CN1CCOCC1)NCCc1cnn(C)c1. The maximum Gasteiger partial charge on any atom is 0.191 e. The average Bonchev–Trinajstić information content (AvgIpc) is 2.98. The molecule has 2 rings (SSSR count). The minimum absolute atomic E-state index is 0.354. The van der Waals surface area contributed by atoms with Crippen molar-refractivity contribution in [2.75, 3.05) is 52.5 Å². The number of ether oxygens (including phenoxy) is 1. The number of aryl methyl sites for hydroxylation is 1. The first kappa shape index (κ1) is 19.7. The molecule has 1 saturated heterocycles. The summed E-state index contributed by atoms with van der Waals surface area (Å²) >= 11 is 0. The summed E-state index contributed by atoms with van der Waals surface area (Å²) in [4.78, 5) is 6.78. The second kappa shape index (κ2) is 9.74. The zero-order valence-corrected chi connectivity index (χ0v) is 15.7. The van der Waals surface area contributed by atoms with E-state index < -0.39 is 5.60 Å². The van der Waals surface area contributed by atoms with Gasteiger partial charge in [0.15, 0.2) is 5.96 Å². The van der Waals surface area contributed by atoms with Crippen LogP contribution in [-0.4, -0.2) is 83.8 Å². The average molecular weight is 352 g/mol. The third-order valence-electron chi connectivity index (χ3n) is 4.05. The van der Waals surface area contributed by atoms with Crippen LogP contribution >= 0.6 is 0 Å². The first-order valence-electron chi connectivity index (χ1n) is 9.01. The number of aliphatic imine (C=N–C) groups is 1. The maximum absolute atomic E-state index is 10.6. The first-order chi connectivity index (χ1) is 12.0. The smallest absolute Gasteiger partial charge is 0.191 e. The van der Waals surface area contributed by atoms with E-state index >= 15 is 0 Å². The maximum atomic E-state index is 10.6. The quantitative estimate of drug-likeness (QED) is 0.436. The summed E-state index contributed by atoms with van der Waals surface area (Å²) in [7, 11) is 1.92. The summed E-state index contributed by atoms with van der Waals surface area (Å²) in [6.45, 7) is 9.58. The van der Waals surface area contributed by atoms with E-state index in [9.17, 15) is 5.11 Å². The number of aromatic nitrogens is 2. The Morgan fingerprint density at radius 1 is 1.40 bits per heavy atom. The van der Waals surface area contributed by atoms with Gasteiger partial charge in [-0.2, -0.15) is 5.10 Å². The number of nitrogens with zero attached hydrogens (tertiary/aromatic N) is 4. The summed E-state index contributed by atoms with van der Waals surface area (Å²) in [6.07, 6.45) is 4.76.